The molecule has 5 nitrogen and oxygen atoms in total. The van der Waals surface area contributed by atoms with Crippen LogP contribution < -0.4 is 16.6 Å². The van der Waals surface area contributed by atoms with Crippen LogP contribution in [-0.4, -0.2) is 9.97 Å². The summed E-state index contributed by atoms with van der Waals surface area (Å²) >= 11 is 0. The Labute approximate surface area is 97.9 Å². The lowest BCUT2D eigenvalue weighted by Crippen LogP contribution is -2.11. The highest BCUT2D eigenvalue weighted by Crippen LogP contribution is 2.16. The first-order valence-electron chi connectivity index (χ1n) is 5.02. The molecule has 0 unspecified atom stereocenters. The summed E-state index contributed by atoms with van der Waals surface area (Å²) < 4.78 is 12.7. The van der Waals surface area contributed by atoms with Gasteiger partial charge in [0.2, 0.25) is 5.95 Å². The quantitative estimate of drug-likeness (QED) is 0.558. The molecular formula is C11H12FN5. The third kappa shape index (κ3) is 2.88. The highest BCUT2D eigenvalue weighted by molar-refractivity contribution is 5.57. The number of hydrogen-bond donors (Lipinski definition) is 3. The number of hydrogen-bond acceptors (Lipinski definition) is 5. The fourth-order valence-electron chi connectivity index (χ4n) is 1.38. The van der Waals surface area contributed by atoms with Gasteiger partial charge in [-0.15, -0.1) is 0 Å². The molecule has 0 aliphatic rings. The van der Waals surface area contributed by atoms with Gasteiger partial charge in [0, 0.05) is 17.4 Å². The van der Waals surface area contributed by atoms with Crippen molar-refractivity contribution in [2.24, 2.45) is 5.84 Å². The number of aryl methyl sites for hydroxylation is 1. The van der Waals surface area contributed by atoms with Crippen LogP contribution in [-0.2, 0) is 0 Å². The molecule has 0 spiro atoms. The Morgan fingerprint density at radius 1 is 1.18 bits per heavy atom. The van der Waals surface area contributed by atoms with E-state index in [9.17, 15) is 4.39 Å². The third-order valence-corrected chi connectivity index (χ3v) is 2.10. The molecular weight excluding hydrogens is 221 g/mol. The highest BCUT2D eigenvalue weighted by atomic mass is 19.1. The van der Waals surface area contributed by atoms with Gasteiger partial charge in [0.25, 0.3) is 0 Å². The Hall–Kier alpha value is -2.21. The Bertz CT molecular complexity index is 512. The van der Waals surface area contributed by atoms with E-state index in [0.717, 1.165) is 11.4 Å². The second-order valence-corrected chi connectivity index (χ2v) is 3.49. The van der Waals surface area contributed by atoms with Crippen LogP contribution in [0.3, 0.4) is 0 Å². The van der Waals surface area contributed by atoms with Gasteiger partial charge >= 0.3 is 0 Å². The van der Waals surface area contributed by atoms with Crippen molar-refractivity contribution in [3.63, 3.8) is 0 Å². The first-order chi connectivity index (χ1) is 8.17. The predicted octanol–water partition coefficient (Wildman–Crippen LogP) is 1.95. The summed E-state index contributed by atoms with van der Waals surface area (Å²) in [5, 5.41) is 3.03. The molecule has 2 rings (SSSR count). The molecule has 2 aromatic rings. The van der Waals surface area contributed by atoms with E-state index in [-0.39, 0.29) is 5.82 Å². The maximum Gasteiger partial charge on any atom is 0.239 e. The highest BCUT2D eigenvalue weighted by Gasteiger charge is 2.01. The molecule has 0 aliphatic carbocycles. The second-order valence-electron chi connectivity index (χ2n) is 3.49. The number of nitrogens with one attached hydrogen (secondary N) is 2. The van der Waals surface area contributed by atoms with Crippen molar-refractivity contribution in [2.45, 2.75) is 6.92 Å². The number of halogens is 1. The van der Waals surface area contributed by atoms with Crippen LogP contribution in [0.15, 0.2) is 30.3 Å². The van der Waals surface area contributed by atoms with Gasteiger partial charge in [-0.2, -0.15) is 4.98 Å². The minimum absolute atomic E-state index is 0.279. The average Bonchev–Trinajstić information content (AvgIpc) is 2.31. The van der Waals surface area contributed by atoms with E-state index in [2.05, 4.69) is 20.7 Å². The smallest absolute Gasteiger partial charge is 0.239 e. The number of nitrogens with zero attached hydrogens (tertiary/aromatic N) is 2. The predicted molar refractivity (Wildman–Crippen MR) is 64.3 cm³/mol. The largest absolute Gasteiger partial charge is 0.340 e. The van der Waals surface area contributed by atoms with Crippen molar-refractivity contribution in [1.29, 1.82) is 0 Å². The van der Waals surface area contributed by atoms with Crippen LogP contribution in [0.5, 0.6) is 0 Å². The number of aromatic nitrogens is 2. The lowest BCUT2D eigenvalue weighted by atomic mass is 10.3. The Kier molecular flexibility index (Phi) is 3.15. The Balaban J connectivity index is 2.23. The van der Waals surface area contributed by atoms with Gasteiger partial charge in [0.15, 0.2) is 0 Å². The molecule has 1 aromatic carbocycles. The van der Waals surface area contributed by atoms with Crippen molar-refractivity contribution >= 4 is 17.5 Å². The zero-order chi connectivity index (χ0) is 12.3. The van der Waals surface area contributed by atoms with Crippen LogP contribution in [0.25, 0.3) is 0 Å². The van der Waals surface area contributed by atoms with Crippen molar-refractivity contribution < 1.29 is 4.39 Å². The summed E-state index contributed by atoms with van der Waals surface area (Å²) in [7, 11) is 0. The molecule has 1 aromatic heterocycles. The average molecular weight is 233 g/mol. The fourth-order valence-corrected chi connectivity index (χ4v) is 1.38. The molecule has 0 fully saturated rings. The molecule has 17 heavy (non-hydrogen) atoms. The summed E-state index contributed by atoms with van der Waals surface area (Å²) in [6, 6.07) is 7.77. The summed E-state index contributed by atoms with van der Waals surface area (Å²) in [5.74, 6) is 5.89. The molecule has 0 radical (unpaired) electrons. The van der Waals surface area contributed by atoms with E-state index in [0.29, 0.717) is 11.8 Å². The minimum atomic E-state index is -0.279. The molecule has 0 saturated heterocycles. The third-order valence-electron chi connectivity index (χ3n) is 2.10. The molecule has 4 N–H and O–H groups in total. The maximum atomic E-state index is 12.7. The lowest BCUT2D eigenvalue weighted by Gasteiger charge is -2.07. The molecule has 0 aliphatic heterocycles. The van der Waals surface area contributed by atoms with Gasteiger partial charge in [-0.05, 0) is 31.2 Å². The van der Waals surface area contributed by atoms with E-state index in [1.54, 1.807) is 18.2 Å². The molecule has 0 atom stereocenters. The number of rotatable bonds is 3. The summed E-state index contributed by atoms with van der Waals surface area (Å²) in [5.41, 5.74) is 3.90. The maximum absolute atomic E-state index is 12.7. The molecule has 0 saturated carbocycles. The molecule has 6 heteroatoms. The van der Waals surface area contributed by atoms with Crippen LogP contribution in [0.4, 0.5) is 21.8 Å². The first-order valence-corrected chi connectivity index (χ1v) is 5.02. The lowest BCUT2D eigenvalue weighted by molar-refractivity contribution is 0.628. The van der Waals surface area contributed by atoms with Crippen molar-refractivity contribution in [2.75, 3.05) is 10.7 Å². The summed E-state index contributed by atoms with van der Waals surface area (Å²) in [6.45, 7) is 1.83. The molecule has 88 valence electrons. The van der Waals surface area contributed by atoms with Crippen molar-refractivity contribution in [1.82, 2.24) is 9.97 Å². The summed E-state index contributed by atoms with van der Waals surface area (Å²) in [4.78, 5) is 8.18. The van der Waals surface area contributed by atoms with Crippen LogP contribution >= 0.6 is 0 Å². The second kappa shape index (κ2) is 4.75. The van der Waals surface area contributed by atoms with E-state index < -0.39 is 0 Å². The van der Waals surface area contributed by atoms with Crippen LogP contribution in [0.2, 0.25) is 0 Å². The van der Waals surface area contributed by atoms with E-state index in [1.807, 2.05) is 6.92 Å². The van der Waals surface area contributed by atoms with E-state index in [4.69, 9.17) is 5.84 Å². The number of nitrogen functional groups attached to an aromatic ring is 1. The van der Waals surface area contributed by atoms with Gasteiger partial charge < -0.3 is 5.32 Å². The van der Waals surface area contributed by atoms with Gasteiger partial charge in [-0.25, -0.2) is 15.2 Å². The standard InChI is InChI=1S/C11H12FN5/c1-7-6-10(16-11(14-7)17-13)15-9-4-2-8(12)3-5-9/h2-6H,13H2,1H3,(H2,14,15,16,17). The van der Waals surface area contributed by atoms with Crippen LogP contribution in [0.1, 0.15) is 5.69 Å². The topological polar surface area (TPSA) is 75.9 Å². The van der Waals surface area contributed by atoms with Crippen LogP contribution in [0, 0.1) is 12.7 Å². The fraction of sp³-hybridized carbons (Fsp3) is 0.0909. The SMILES string of the molecule is Cc1cc(Nc2ccc(F)cc2)nc(NN)n1. The van der Waals surface area contributed by atoms with Gasteiger partial charge in [0.05, 0.1) is 0 Å². The number of benzene rings is 1. The molecule has 0 amide bonds. The van der Waals surface area contributed by atoms with Crippen molar-refractivity contribution in [3.05, 3.63) is 41.8 Å². The van der Waals surface area contributed by atoms with E-state index in [1.165, 1.54) is 12.1 Å². The molecule has 1 heterocycles. The summed E-state index contributed by atoms with van der Waals surface area (Å²) in [6.07, 6.45) is 0. The Morgan fingerprint density at radius 2 is 1.88 bits per heavy atom. The number of nitrogens with two attached hydrogens (primary N) is 1. The van der Waals surface area contributed by atoms with Gasteiger partial charge in [-0.1, -0.05) is 0 Å². The van der Waals surface area contributed by atoms with E-state index >= 15 is 0 Å². The van der Waals surface area contributed by atoms with Gasteiger partial charge in [0.1, 0.15) is 11.6 Å². The van der Waals surface area contributed by atoms with Crippen molar-refractivity contribution in [3.8, 4) is 0 Å². The molecule has 0 bridgehead atoms. The number of anilines is 3. The zero-order valence-electron chi connectivity index (χ0n) is 9.24. The minimum Gasteiger partial charge on any atom is -0.340 e. The monoisotopic (exact) mass is 233 g/mol. The first kappa shape index (κ1) is 11.3. The number of hydrazine groups is 1. The normalized spacial score (nSPS) is 10.1. The zero-order valence-corrected chi connectivity index (χ0v) is 9.24. The van der Waals surface area contributed by atoms with Gasteiger partial charge in [-0.3, -0.25) is 5.43 Å². The Morgan fingerprint density at radius 3 is 2.53 bits per heavy atom.